The molecule has 1 fully saturated rings. The van der Waals surface area contributed by atoms with Crippen LogP contribution in [0.2, 0.25) is 0 Å². The van der Waals surface area contributed by atoms with E-state index >= 15 is 0 Å². The Hall–Kier alpha value is -2.86. The molecule has 0 radical (unpaired) electrons. The second-order valence-electron chi connectivity index (χ2n) is 8.98. The van der Waals surface area contributed by atoms with Crippen molar-refractivity contribution in [2.24, 2.45) is 0 Å². The van der Waals surface area contributed by atoms with Crippen LogP contribution in [0, 0.1) is 0 Å². The molecule has 5 rings (SSSR count). The Morgan fingerprint density at radius 3 is 1.42 bits per heavy atom. The minimum atomic E-state index is 0.893. The minimum absolute atomic E-state index is 0.893. The number of nitrogens with zero attached hydrogens (tertiary/aromatic N) is 5. The van der Waals surface area contributed by atoms with Gasteiger partial charge in [-0.25, -0.2) is 0 Å². The van der Waals surface area contributed by atoms with Crippen LogP contribution in [0.15, 0.2) is 72.8 Å². The van der Waals surface area contributed by atoms with Crippen molar-refractivity contribution in [2.75, 3.05) is 45.8 Å². The average molecular weight is 440 g/mol. The molecule has 0 spiro atoms. The Morgan fingerprint density at radius 1 is 0.545 bits per heavy atom. The lowest BCUT2D eigenvalue weighted by Gasteiger charge is -2.25. The standard InChI is InChI=1S/C28H33N5/c1-2-31-15-17-32(21-25-13-11-23-7-3-5-9-27(23)29-25)19-20-33(18-16-31)22-26-14-12-24-8-4-6-10-28(24)30-26/h3-14H,2,15-22H2,1H3. The van der Waals surface area contributed by atoms with Crippen molar-refractivity contribution in [3.05, 3.63) is 84.2 Å². The molecular weight excluding hydrogens is 406 g/mol. The van der Waals surface area contributed by atoms with Gasteiger partial charge in [0.1, 0.15) is 0 Å². The summed E-state index contributed by atoms with van der Waals surface area (Å²) in [4.78, 5) is 17.5. The highest BCUT2D eigenvalue weighted by atomic mass is 15.3. The molecule has 1 saturated heterocycles. The molecule has 0 aliphatic carbocycles. The Labute approximate surface area is 196 Å². The summed E-state index contributed by atoms with van der Waals surface area (Å²) in [5.41, 5.74) is 4.47. The van der Waals surface area contributed by atoms with Gasteiger partial charge in [0.25, 0.3) is 0 Å². The van der Waals surface area contributed by atoms with E-state index in [-0.39, 0.29) is 0 Å². The third-order valence-corrected chi connectivity index (χ3v) is 6.73. The lowest BCUT2D eigenvalue weighted by atomic mass is 10.2. The summed E-state index contributed by atoms with van der Waals surface area (Å²) < 4.78 is 0. The summed E-state index contributed by atoms with van der Waals surface area (Å²) in [6.45, 7) is 11.6. The van der Waals surface area contributed by atoms with Gasteiger partial charge in [0, 0.05) is 63.1 Å². The van der Waals surface area contributed by atoms with Crippen LogP contribution in [0.3, 0.4) is 0 Å². The molecule has 3 heterocycles. The largest absolute Gasteiger partial charge is 0.301 e. The molecule has 0 unspecified atom stereocenters. The molecule has 0 N–H and O–H groups in total. The Balaban J connectivity index is 1.29. The summed E-state index contributed by atoms with van der Waals surface area (Å²) in [6.07, 6.45) is 0. The first-order valence-electron chi connectivity index (χ1n) is 12.1. The molecule has 0 saturated carbocycles. The van der Waals surface area contributed by atoms with E-state index in [0.29, 0.717) is 0 Å². The Morgan fingerprint density at radius 2 is 0.970 bits per heavy atom. The van der Waals surface area contributed by atoms with Crippen LogP contribution in [0.1, 0.15) is 18.3 Å². The zero-order valence-electron chi connectivity index (χ0n) is 19.5. The summed E-state index contributed by atoms with van der Waals surface area (Å²) in [7, 11) is 0. The van der Waals surface area contributed by atoms with Gasteiger partial charge in [-0.2, -0.15) is 0 Å². The maximum Gasteiger partial charge on any atom is 0.0705 e. The van der Waals surface area contributed by atoms with Crippen molar-refractivity contribution in [2.45, 2.75) is 20.0 Å². The Bertz CT molecular complexity index is 1110. The molecule has 5 nitrogen and oxygen atoms in total. The first-order chi connectivity index (χ1) is 16.3. The van der Waals surface area contributed by atoms with E-state index in [1.54, 1.807) is 0 Å². The van der Waals surface area contributed by atoms with Crippen LogP contribution in [-0.2, 0) is 13.1 Å². The van der Waals surface area contributed by atoms with Crippen LogP contribution in [-0.4, -0.2) is 70.5 Å². The number of hydrogen-bond donors (Lipinski definition) is 0. The number of para-hydroxylation sites is 2. The van der Waals surface area contributed by atoms with Gasteiger partial charge in [-0.1, -0.05) is 55.5 Å². The molecule has 170 valence electrons. The predicted molar refractivity (Wildman–Crippen MR) is 136 cm³/mol. The van der Waals surface area contributed by atoms with Crippen LogP contribution in [0.5, 0.6) is 0 Å². The van der Waals surface area contributed by atoms with Gasteiger partial charge in [-0.3, -0.25) is 19.8 Å². The summed E-state index contributed by atoms with van der Waals surface area (Å²) in [6, 6.07) is 25.5. The van der Waals surface area contributed by atoms with E-state index in [1.807, 2.05) is 0 Å². The number of rotatable bonds is 5. The van der Waals surface area contributed by atoms with Crippen molar-refractivity contribution < 1.29 is 0 Å². The third-order valence-electron chi connectivity index (χ3n) is 6.73. The maximum absolute atomic E-state index is 4.92. The van der Waals surface area contributed by atoms with E-state index in [2.05, 4.69) is 94.4 Å². The molecule has 2 aromatic carbocycles. The van der Waals surface area contributed by atoms with Gasteiger partial charge < -0.3 is 4.90 Å². The number of likely N-dealkylation sites (N-methyl/N-ethyl adjacent to an activating group) is 1. The maximum atomic E-state index is 4.92. The van der Waals surface area contributed by atoms with Gasteiger partial charge >= 0.3 is 0 Å². The van der Waals surface area contributed by atoms with Crippen molar-refractivity contribution in [1.82, 2.24) is 24.7 Å². The molecule has 1 aliphatic heterocycles. The first-order valence-corrected chi connectivity index (χ1v) is 12.1. The first kappa shape index (κ1) is 22.0. The van der Waals surface area contributed by atoms with Gasteiger partial charge in [-0.15, -0.1) is 0 Å². The van der Waals surface area contributed by atoms with Crippen LogP contribution >= 0.6 is 0 Å². The third kappa shape index (κ3) is 5.56. The van der Waals surface area contributed by atoms with Crippen LogP contribution < -0.4 is 0 Å². The number of pyridine rings is 2. The van der Waals surface area contributed by atoms with E-state index in [0.717, 1.165) is 81.3 Å². The summed E-state index contributed by atoms with van der Waals surface area (Å²) in [5, 5.41) is 2.41. The van der Waals surface area contributed by atoms with Crippen molar-refractivity contribution in [3.8, 4) is 0 Å². The average Bonchev–Trinajstić information content (AvgIpc) is 2.95. The lowest BCUT2D eigenvalue weighted by Crippen LogP contribution is -2.35. The van der Waals surface area contributed by atoms with E-state index < -0.39 is 0 Å². The summed E-state index contributed by atoms with van der Waals surface area (Å²) in [5.74, 6) is 0. The summed E-state index contributed by atoms with van der Waals surface area (Å²) >= 11 is 0. The van der Waals surface area contributed by atoms with Gasteiger partial charge in [0.15, 0.2) is 0 Å². The molecular formula is C28H33N5. The quantitative estimate of drug-likeness (QED) is 0.460. The second-order valence-corrected chi connectivity index (χ2v) is 8.98. The van der Waals surface area contributed by atoms with Crippen LogP contribution in [0.25, 0.3) is 21.8 Å². The normalized spacial score (nSPS) is 17.1. The van der Waals surface area contributed by atoms with Crippen molar-refractivity contribution in [3.63, 3.8) is 0 Å². The number of aromatic nitrogens is 2. The minimum Gasteiger partial charge on any atom is -0.301 e. The number of fused-ring (bicyclic) bond motifs is 2. The molecule has 33 heavy (non-hydrogen) atoms. The Kier molecular flexibility index (Phi) is 6.91. The lowest BCUT2D eigenvalue weighted by molar-refractivity contribution is 0.207. The van der Waals surface area contributed by atoms with Gasteiger partial charge in [0.05, 0.1) is 22.4 Å². The monoisotopic (exact) mass is 439 g/mol. The van der Waals surface area contributed by atoms with Crippen molar-refractivity contribution in [1.29, 1.82) is 0 Å². The van der Waals surface area contributed by atoms with Crippen molar-refractivity contribution >= 4 is 21.8 Å². The fraction of sp³-hybridized carbons (Fsp3) is 0.357. The highest BCUT2D eigenvalue weighted by Crippen LogP contribution is 2.15. The van der Waals surface area contributed by atoms with E-state index in [1.165, 1.54) is 10.8 Å². The zero-order chi connectivity index (χ0) is 22.5. The smallest absolute Gasteiger partial charge is 0.0705 e. The number of hydrogen-bond acceptors (Lipinski definition) is 5. The fourth-order valence-corrected chi connectivity index (χ4v) is 4.67. The zero-order valence-corrected chi connectivity index (χ0v) is 19.5. The molecule has 0 atom stereocenters. The fourth-order valence-electron chi connectivity index (χ4n) is 4.67. The number of benzene rings is 2. The van der Waals surface area contributed by atoms with Gasteiger partial charge in [-0.05, 0) is 30.8 Å². The highest BCUT2D eigenvalue weighted by molar-refractivity contribution is 5.79. The molecule has 2 aromatic heterocycles. The van der Waals surface area contributed by atoms with Gasteiger partial charge in [0.2, 0.25) is 0 Å². The molecule has 1 aliphatic rings. The molecule has 0 amide bonds. The van der Waals surface area contributed by atoms with E-state index in [4.69, 9.17) is 9.97 Å². The predicted octanol–water partition coefficient (Wildman–Crippen LogP) is 4.42. The SMILES string of the molecule is CCN1CCN(Cc2ccc3ccccc3n2)CCN(Cc2ccc3ccccc3n2)CC1. The van der Waals surface area contributed by atoms with Crippen LogP contribution in [0.4, 0.5) is 0 Å². The second kappa shape index (κ2) is 10.4. The highest BCUT2D eigenvalue weighted by Gasteiger charge is 2.17. The molecule has 5 heteroatoms. The molecule has 0 bridgehead atoms. The molecule has 4 aromatic rings. The van der Waals surface area contributed by atoms with E-state index in [9.17, 15) is 0 Å². The topological polar surface area (TPSA) is 35.5 Å².